The first-order chi connectivity index (χ1) is 11.7. The van der Waals surface area contributed by atoms with E-state index < -0.39 is 0 Å². The van der Waals surface area contributed by atoms with Gasteiger partial charge in [0.25, 0.3) is 0 Å². The number of hydrogen-bond acceptors (Lipinski definition) is 5. The third-order valence-corrected chi connectivity index (χ3v) is 4.38. The number of nitrogens with one attached hydrogen (secondary N) is 1. The summed E-state index contributed by atoms with van der Waals surface area (Å²) in [7, 11) is 0. The first kappa shape index (κ1) is 14.5. The summed E-state index contributed by atoms with van der Waals surface area (Å²) in [5.74, 6) is 0.0646. The SMILES string of the molecule is Nc1ccc2[nH]c(O)c(C(=Nc3nccs3)c3ccccc3)c2c1. The largest absolute Gasteiger partial charge is 0.494 e. The molecule has 0 aliphatic carbocycles. The highest BCUT2D eigenvalue weighted by atomic mass is 32.1. The van der Waals surface area contributed by atoms with Crippen LogP contribution in [0.5, 0.6) is 5.88 Å². The molecule has 5 nitrogen and oxygen atoms in total. The number of hydrogen-bond donors (Lipinski definition) is 3. The van der Waals surface area contributed by atoms with Crippen molar-refractivity contribution >= 4 is 38.8 Å². The molecule has 4 N–H and O–H groups in total. The zero-order valence-corrected chi connectivity index (χ0v) is 13.4. The van der Waals surface area contributed by atoms with Crippen LogP contribution >= 0.6 is 11.3 Å². The molecule has 0 bridgehead atoms. The van der Waals surface area contributed by atoms with E-state index in [4.69, 9.17) is 5.73 Å². The maximum atomic E-state index is 10.5. The fourth-order valence-corrected chi connectivity index (χ4v) is 3.17. The number of thiazole rings is 1. The van der Waals surface area contributed by atoms with Crippen molar-refractivity contribution in [1.82, 2.24) is 9.97 Å². The summed E-state index contributed by atoms with van der Waals surface area (Å²) in [5, 5.41) is 13.8. The Labute approximate surface area is 142 Å². The minimum absolute atomic E-state index is 0.0646. The molecule has 0 amide bonds. The molecule has 0 saturated heterocycles. The lowest BCUT2D eigenvalue weighted by Gasteiger charge is -2.06. The number of fused-ring (bicyclic) bond motifs is 1. The van der Waals surface area contributed by atoms with Gasteiger partial charge in [-0.3, -0.25) is 0 Å². The van der Waals surface area contributed by atoms with E-state index in [9.17, 15) is 5.11 Å². The fourth-order valence-electron chi connectivity index (χ4n) is 2.66. The lowest BCUT2D eigenvalue weighted by molar-refractivity contribution is 0.457. The zero-order valence-electron chi connectivity index (χ0n) is 12.6. The van der Waals surface area contributed by atoms with Gasteiger partial charge in [-0.05, 0) is 18.2 Å². The van der Waals surface area contributed by atoms with Crippen LogP contribution in [0.15, 0.2) is 65.1 Å². The number of aliphatic imine (C=N–C) groups is 1. The molecular formula is C18H14N4OS. The molecule has 0 atom stereocenters. The van der Waals surface area contributed by atoms with Crippen LogP contribution in [0.2, 0.25) is 0 Å². The maximum absolute atomic E-state index is 10.5. The van der Waals surface area contributed by atoms with E-state index in [1.54, 1.807) is 12.3 Å². The van der Waals surface area contributed by atoms with Crippen molar-refractivity contribution in [3.8, 4) is 5.88 Å². The highest BCUT2D eigenvalue weighted by Crippen LogP contribution is 2.32. The van der Waals surface area contributed by atoms with Gasteiger partial charge in [-0.25, -0.2) is 9.98 Å². The third kappa shape index (κ3) is 2.53. The minimum Gasteiger partial charge on any atom is -0.494 e. The lowest BCUT2D eigenvalue weighted by atomic mass is 10.0. The molecule has 118 valence electrons. The molecule has 0 aliphatic rings. The van der Waals surface area contributed by atoms with E-state index in [2.05, 4.69) is 15.0 Å². The first-order valence-electron chi connectivity index (χ1n) is 7.36. The monoisotopic (exact) mass is 334 g/mol. The van der Waals surface area contributed by atoms with Crippen LogP contribution in [0.25, 0.3) is 10.9 Å². The fraction of sp³-hybridized carbons (Fsp3) is 0. The van der Waals surface area contributed by atoms with Gasteiger partial charge in [0, 0.05) is 33.7 Å². The second-order valence-electron chi connectivity index (χ2n) is 5.29. The standard InChI is InChI=1S/C18H14N4OS/c19-12-6-7-14-13(10-12)15(17(23)21-14)16(11-4-2-1-3-5-11)22-18-20-8-9-24-18/h1-10,21,23H,19H2. The van der Waals surface area contributed by atoms with Crippen LogP contribution in [-0.4, -0.2) is 20.8 Å². The van der Waals surface area contributed by atoms with E-state index in [1.807, 2.05) is 47.8 Å². The highest BCUT2D eigenvalue weighted by molar-refractivity contribution is 7.13. The van der Waals surface area contributed by atoms with Gasteiger partial charge in [0.1, 0.15) is 0 Å². The number of benzene rings is 2. The van der Waals surface area contributed by atoms with E-state index in [0.29, 0.717) is 22.1 Å². The van der Waals surface area contributed by atoms with Crippen molar-refractivity contribution in [2.45, 2.75) is 0 Å². The quantitative estimate of drug-likeness (QED) is 0.390. The van der Waals surface area contributed by atoms with Gasteiger partial charge in [0.15, 0.2) is 5.88 Å². The van der Waals surface area contributed by atoms with Gasteiger partial charge in [-0.15, -0.1) is 11.3 Å². The number of aromatic amines is 1. The van der Waals surface area contributed by atoms with Crippen LogP contribution in [0.1, 0.15) is 11.1 Å². The molecule has 6 heteroatoms. The van der Waals surface area contributed by atoms with E-state index in [1.165, 1.54) is 11.3 Å². The Morgan fingerprint density at radius 1 is 1.17 bits per heavy atom. The van der Waals surface area contributed by atoms with Gasteiger partial charge < -0.3 is 15.8 Å². The predicted octanol–water partition coefficient (Wildman–Crippen LogP) is 4.08. The highest BCUT2D eigenvalue weighted by Gasteiger charge is 2.19. The van der Waals surface area contributed by atoms with E-state index in [0.717, 1.165) is 16.5 Å². The summed E-state index contributed by atoms with van der Waals surface area (Å²) in [5.41, 5.74) is 9.54. The van der Waals surface area contributed by atoms with Crippen LogP contribution in [0.4, 0.5) is 10.8 Å². The number of H-pyrrole nitrogens is 1. The van der Waals surface area contributed by atoms with Crippen molar-refractivity contribution in [2.75, 3.05) is 5.73 Å². The molecule has 2 aromatic heterocycles. The van der Waals surface area contributed by atoms with E-state index >= 15 is 0 Å². The van der Waals surface area contributed by atoms with Gasteiger partial charge >= 0.3 is 0 Å². The van der Waals surface area contributed by atoms with Crippen LogP contribution < -0.4 is 5.73 Å². The maximum Gasteiger partial charge on any atom is 0.209 e. The second kappa shape index (κ2) is 5.82. The summed E-state index contributed by atoms with van der Waals surface area (Å²) < 4.78 is 0. The van der Waals surface area contributed by atoms with Crippen molar-refractivity contribution in [3.05, 3.63) is 71.2 Å². The summed E-state index contributed by atoms with van der Waals surface area (Å²) in [4.78, 5) is 11.9. The van der Waals surface area contributed by atoms with Crippen LogP contribution in [0, 0.1) is 0 Å². The number of rotatable bonds is 3. The van der Waals surface area contributed by atoms with E-state index in [-0.39, 0.29) is 5.88 Å². The minimum atomic E-state index is 0.0646. The Balaban J connectivity index is 2.01. The molecule has 4 rings (SSSR count). The first-order valence-corrected chi connectivity index (χ1v) is 8.24. The number of nitrogens with zero attached hydrogens (tertiary/aromatic N) is 2. The van der Waals surface area contributed by atoms with Crippen molar-refractivity contribution in [2.24, 2.45) is 4.99 Å². The Kier molecular flexibility index (Phi) is 3.51. The third-order valence-electron chi connectivity index (χ3n) is 3.71. The average molecular weight is 334 g/mol. The molecule has 4 aromatic rings. The second-order valence-corrected chi connectivity index (χ2v) is 6.17. The average Bonchev–Trinajstić information content (AvgIpc) is 3.20. The number of aromatic hydroxyl groups is 1. The topological polar surface area (TPSA) is 87.3 Å². The van der Waals surface area contributed by atoms with Crippen molar-refractivity contribution in [1.29, 1.82) is 0 Å². The molecule has 0 fully saturated rings. The van der Waals surface area contributed by atoms with Crippen molar-refractivity contribution < 1.29 is 5.11 Å². The van der Waals surface area contributed by atoms with Gasteiger partial charge in [0.2, 0.25) is 5.13 Å². The number of nitrogen functional groups attached to an aromatic ring is 1. The Morgan fingerprint density at radius 2 is 2.00 bits per heavy atom. The number of aromatic nitrogens is 2. The molecule has 0 spiro atoms. The Hall–Kier alpha value is -3.12. The Bertz CT molecular complexity index is 1020. The molecule has 0 unspecified atom stereocenters. The van der Waals surface area contributed by atoms with Gasteiger partial charge in [-0.1, -0.05) is 30.3 Å². The smallest absolute Gasteiger partial charge is 0.209 e. The molecule has 0 saturated carbocycles. The Morgan fingerprint density at radius 3 is 2.75 bits per heavy atom. The number of nitrogens with two attached hydrogens (primary N) is 1. The lowest BCUT2D eigenvalue weighted by Crippen LogP contribution is -2.02. The normalized spacial score (nSPS) is 11.9. The summed E-state index contributed by atoms with van der Waals surface area (Å²) in [6.45, 7) is 0. The summed E-state index contributed by atoms with van der Waals surface area (Å²) in [6, 6.07) is 15.2. The molecule has 0 aliphatic heterocycles. The number of anilines is 1. The van der Waals surface area contributed by atoms with Crippen LogP contribution in [0.3, 0.4) is 0 Å². The van der Waals surface area contributed by atoms with Crippen LogP contribution in [-0.2, 0) is 0 Å². The zero-order chi connectivity index (χ0) is 16.5. The molecule has 2 aromatic carbocycles. The molecular weight excluding hydrogens is 320 g/mol. The van der Waals surface area contributed by atoms with Crippen molar-refractivity contribution in [3.63, 3.8) is 0 Å². The van der Waals surface area contributed by atoms with Gasteiger partial charge in [-0.2, -0.15) is 0 Å². The predicted molar refractivity (Wildman–Crippen MR) is 98.2 cm³/mol. The van der Waals surface area contributed by atoms with Gasteiger partial charge in [0.05, 0.1) is 11.3 Å². The molecule has 0 radical (unpaired) electrons. The summed E-state index contributed by atoms with van der Waals surface area (Å²) in [6.07, 6.45) is 1.71. The molecule has 2 heterocycles. The molecule has 24 heavy (non-hydrogen) atoms. The summed E-state index contributed by atoms with van der Waals surface area (Å²) >= 11 is 1.44.